The van der Waals surface area contributed by atoms with Gasteiger partial charge in [-0.3, -0.25) is 4.72 Å². The van der Waals surface area contributed by atoms with Crippen molar-refractivity contribution in [2.75, 3.05) is 17.1 Å². The van der Waals surface area contributed by atoms with Gasteiger partial charge in [-0.15, -0.1) is 0 Å². The molecular formula is C13H14FNO3S. The number of hydrogen-bond donors (Lipinski definition) is 2. The van der Waals surface area contributed by atoms with Gasteiger partial charge >= 0.3 is 0 Å². The Morgan fingerprint density at radius 1 is 1.42 bits per heavy atom. The number of aliphatic hydroxyl groups excluding tert-OH is 1. The highest BCUT2D eigenvalue weighted by molar-refractivity contribution is 7.92. The predicted molar refractivity (Wildman–Crippen MR) is 70.5 cm³/mol. The van der Waals surface area contributed by atoms with Crippen LogP contribution in [0.3, 0.4) is 0 Å². The Hall–Kier alpha value is -1.58. The zero-order chi connectivity index (χ0) is 13.9. The summed E-state index contributed by atoms with van der Waals surface area (Å²) in [6.45, 7) is -0.370. The van der Waals surface area contributed by atoms with E-state index >= 15 is 0 Å². The topological polar surface area (TPSA) is 66.4 Å². The van der Waals surface area contributed by atoms with Crippen LogP contribution >= 0.6 is 0 Å². The van der Waals surface area contributed by atoms with Crippen molar-refractivity contribution in [1.29, 1.82) is 0 Å². The molecule has 4 nitrogen and oxygen atoms in total. The maximum Gasteiger partial charge on any atom is 0.233 e. The van der Waals surface area contributed by atoms with Crippen LogP contribution in [0.5, 0.6) is 0 Å². The van der Waals surface area contributed by atoms with E-state index in [1.807, 2.05) is 0 Å². The van der Waals surface area contributed by atoms with E-state index < -0.39 is 15.8 Å². The van der Waals surface area contributed by atoms with Gasteiger partial charge in [0, 0.05) is 0 Å². The number of aliphatic hydroxyl groups is 1. The average molecular weight is 283 g/mol. The van der Waals surface area contributed by atoms with E-state index in [1.165, 1.54) is 12.1 Å². The summed E-state index contributed by atoms with van der Waals surface area (Å²) in [4.78, 5) is 0. The van der Waals surface area contributed by atoms with Crippen LogP contribution in [-0.2, 0) is 10.0 Å². The molecule has 0 radical (unpaired) electrons. The predicted octanol–water partition coefficient (Wildman–Crippen LogP) is 1.32. The minimum atomic E-state index is -3.43. The van der Waals surface area contributed by atoms with Crippen molar-refractivity contribution in [2.24, 2.45) is 5.92 Å². The van der Waals surface area contributed by atoms with Gasteiger partial charge in [0.2, 0.25) is 10.0 Å². The minimum Gasteiger partial charge on any atom is -0.384 e. The van der Waals surface area contributed by atoms with Crippen LogP contribution in [0.1, 0.15) is 18.4 Å². The van der Waals surface area contributed by atoms with Gasteiger partial charge in [-0.2, -0.15) is 0 Å². The lowest BCUT2D eigenvalue weighted by molar-refractivity contribution is 0.350. The van der Waals surface area contributed by atoms with Crippen molar-refractivity contribution in [3.63, 3.8) is 0 Å². The number of halogens is 1. The number of hydrogen-bond acceptors (Lipinski definition) is 3. The lowest BCUT2D eigenvalue weighted by atomic mass is 10.2. The van der Waals surface area contributed by atoms with Crippen molar-refractivity contribution in [1.82, 2.24) is 0 Å². The Balaban J connectivity index is 2.23. The van der Waals surface area contributed by atoms with Crippen LogP contribution in [0.2, 0.25) is 0 Å². The van der Waals surface area contributed by atoms with E-state index in [-0.39, 0.29) is 29.5 Å². The summed E-state index contributed by atoms with van der Waals surface area (Å²) >= 11 is 0. The van der Waals surface area contributed by atoms with E-state index in [2.05, 4.69) is 16.6 Å². The quantitative estimate of drug-likeness (QED) is 0.819. The molecule has 1 fully saturated rings. The van der Waals surface area contributed by atoms with Gasteiger partial charge in [0.25, 0.3) is 0 Å². The third-order valence-corrected chi connectivity index (χ3v) is 4.14. The molecule has 102 valence electrons. The van der Waals surface area contributed by atoms with Crippen molar-refractivity contribution in [2.45, 2.75) is 12.8 Å². The van der Waals surface area contributed by atoms with Crippen LogP contribution in [0.25, 0.3) is 0 Å². The molecule has 0 bridgehead atoms. The molecule has 0 unspecified atom stereocenters. The van der Waals surface area contributed by atoms with Crippen molar-refractivity contribution in [3.05, 3.63) is 29.6 Å². The number of anilines is 1. The molecule has 2 rings (SSSR count). The summed E-state index contributed by atoms with van der Waals surface area (Å²) in [5.41, 5.74) is 0.455. The first-order valence-corrected chi connectivity index (χ1v) is 7.55. The maximum atomic E-state index is 13.1. The second-order valence-corrected chi connectivity index (χ2v) is 6.24. The lowest BCUT2D eigenvalue weighted by Crippen LogP contribution is -2.18. The van der Waals surface area contributed by atoms with Crippen molar-refractivity contribution in [3.8, 4) is 11.8 Å². The number of sulfonamides is 1. The Kier molecular flexibility index (Phi) is 4.08. The van der Waals surface area contributed by atoms with Crippen molar-refractivity contribution < 1.29 is 17.9 Å². The standard InChI is InChI=1S/C13H14FNO3S/c14-12-5-6-13(11(8-12)2-1-7-16)15-19(17,18)9-10-3-4-10/h5-6,8,10,15-16H,3-4,7,9H2. The van der Waals surface area contributed by atoms with Crippen molar-refractivity contribution >= 4 is 15.7 Å². The highest BCUT2D eigenvalue weighted by Crippen LogP contribution is 2.31. The van der Waals surface area contributed by atoms with Crippen LogP contribution in [0.4, 0.5) is 10.1 Å². The highest BCUT2D eigenvalue weighted by Gasteiger charge is 2.28. The van der Waals surface area contributed by atoms with Gasteiger partial charge < -0.3 is 5.11 Å². The SMILES string of the molecule is O=S(=O)(CC1CC1)Nc1ccc(F)cc1C#CCO. The summed E-state index contributed by atoms with van der Waals surface area (Å²) < 4.78 is 39.3. The van der Waals surface area contributed by atoms with Gasteiger partial charge in [0.1, 0.15) is 12.4 Å². The molecule has 1 aliphatic carbocycles. The molecule has 6 heteroatoms. The minimum absolute atomic E-state index is 0.0806. The molecule has 0 aliphatic heterocycles. The first-order chi connectivity index (χ1) is 9.00. The Morgan fingerprint density at radius 3 is 2.79 bits per heavy atom. The monoisotopic (exact) mass is 283 g/mol. The smallest absolute Gasteiger partial charge is 0.233 e. The molecule has 0 saturated heterocycles. The largest absolute Gasteiger partial charge is 0.384 e. The zero-order valence-corrected chi connectivity index (χ0v) is 11.0. The average Bonchev–Trinajstić information content (AvgIpc) is 3.12. The van der Waals surface area contributed by atoms with E-state index in [0.29, 0.717) is 0 Å². The van der Waals surface area contributed by atoms with E-state index in [1.54, 1.807) is 0 Å². The van der Waals surface area contributed by atoms with E-state index in [9.17, 15) is 12.8 Å². The zero-order valence-electron chi connectivity index (χ0n) is 10.2. The third-order valence-electron chi connectivity index (χ3n) is 2.70. The summed E-state index contributed by atoms with van der Waals surface area (Å²) in [6, 6.07) is 3.64. The second-order valence-electron chi connectivity index (χ2n) is 4.48. The van der Waals surface area contributed by atoms with Crippen LogP contribution in [0.15, 0.2) is 18.2 Å². The lowest BCUT2D eigenvalue weighted by Gasteiger charge is -2.09. The molecule has 1 aromatic rings. The van der Waals surface area contributed by atoms with Gasteiger partial charge in [-0.05, 0) is 37.0 Å². The van der Waals surface area contributed by atoms with Crippen LogP contribution < -0.4 is 4.72 Å². The fourth-order valence-corrected chi connectivity index (χ4v) is 3.20. The fourth-order valence-electron chi connectivity index (χ4n) is 1.65. The summed E-state index contributed by atoms with van der Waals surface area (Å²) in [7, 11) is -3.43. The molecule has 1 aliphatic rings. The molecule has 0 spiro atoms. The summed E-state index contributed by atoms with van der Waals surface area (Å²) in [6.07, 6.45) is 1.86. The molecule has 19 heavy (non-hydrogen) atoms. The van der Waals surface area contributed by atoms with Gasteiger partial charge in [-0.1, -0.05) is 11.8 Å². The van der Waals surface area contributed by atoms with Gasteiger partial charge in [0.05, 0.1) is 17.0 Å². The van der Waals surface area contributed by atoms with Gasteiger partial charge in [0.15, 0.2) is 0 Å². The number of rotatable bonds is 4. The number of nitrogens with one attached hydrogen (secondary N) is 1. The van der Waals surface area contributed by atoms with E-state index in [0.717, 1.165) is 18.9 Å². The molecule has 0 aromatic heterocycles. The van der Waals surface area contributed by atoms with Crippen LogP contribution in [-0.4, -0.2) is 25.9 Å². The first-order valence-electron chi connectivity index (χ1n) is 5.90. The Morgan fingerprint density at radius 2 is 2.16 bits per heavy atom. The molecule has 1 aromatic carbocycles. The second kappa shape index (κ2) is 5.59. The Bertz CT molecular complexity index is 627. The summed E-state index contributed by atoms with van der Waals surface area (Å²) in [5.74, 6) is 4.70. The molecule has 0 atom stereocenters. The third kappa shape index (κ3) is 4.23. The maximum absolute atomic E-state index is 13.1. The molecule has 1 saturated carbocycles. The fraction of sp³-hybridized carbons (Fsp3) is 0.385. The molecule has 0 heterocycles. The number of benzene rings is 1. The molecular weight excluding hydrogens is 269 g/mol. The molecule has 0 amide bonds. The normalized spacial score (nSPS) is 14.6. The van der Waals surface area contributed by atoms with Crippen LogP contribution in [0, 0.1) is 23.6 Å². The molecule has 2 N–H and O–H groups in total. The van der Waals surface area contributed by atoms with Gasteiger partial charge in [-0.25, -0.2) is 12.8 Å². The highest BCUT2D eigenvalue weighted by atomic mass is 32.2. The summed E-state index contributed by atoms with van der Waals surface area (Å²) in [5, 5.41) is 8.64. The Labute approximate surface area is 111 Å². The van der Waals surface area contributed by atoms with E-state index in [4.69, 9.17) is 5.11 Å². The first kappa shape index (κ1) is 13.8.